The lowest BCUT2D eigenvalue weighted by Crippen LogP contribution is -2.25. The molecule has 0 saturated heterocycles. The van der Waals surface area contributed by atoms with Crippen molar-refractivity contribution in [1.82, 2.24) is 29.1 Å². The topological polar surface area (TPSA) is 149 Å². The first-order chi connectivity index (χ1) is 31.4. The van der Waals surface area contributed by atoms with Crippen LogP contribution in [0.2, 0.25) is 0 Å². The molecule has 0 amide bonds. The maximum absolute atomic E-state index is 15.6. The molecule has 6 rings (SSSR count). The Bertz CT molecular complexity index is 2350. The van der Waals surface area contributed by atoms with Crippen LogP contribution in [0.15, 0.2) is 46.0 Å². The Hall–Kier alpha value is -5.22. The maximum Gasteiger partial charge on any atom is 0.262 e. The fourth-order valence-corrected chi connectivity index (χ4v) is 9.91. The van der Waals surface area contributed by atoms with Gasteiger partial charge in [-0.2, -0.15) is 10.5 Å². The molecule has 2 unspecified atom stereocenters. The molecule has 2 aromatic rings. The highest BCUT2D eigenvalue weighted by molar-refractivity contribution is 5.93. The first-order valence-electron chi connectivity index (χ1n) is 25.3. The molecule has 4 aliphatic rings. The molecule has 0 fully saturated rings. The van der Waals surface area contributed by atoms with Crippen LogP contribution in [0.1, 0.15) is 218 Å². The molecular formula is C54H74N8O2. The van der Waals surface area contributed by atoms with Crippen LogP contribution in [-0.2, 0) is 0 Å². The molecule has 10 heteroatoms. The Morgan fingerprint density at radius 3 is 1.14 bits per heavy atom. The van der Waals surface area contributed by atoms with Gasteiger partial charge < -0.3 is 9.97 Å². The van der Waals surface area contributed by atoms with Crippen molar-refractivity contribution in [2.75, 3.05) is 0 Å². The van der Waals surface area contributed by atoms with Gasteiger partial charge in [-0.3, -0.25) is 18.7 Å². The van der Waals surface area contributed by atoms with E-state index in [0.29, 0.717) is 67.4 Å². The molecule has 0 spiro atoms. The Labute approximate surface area is 381 Å². The molecule has 64 heavy (non-hydrogen) atoms. The van der Waals surface area contributed by atoms with E-state index in [0.717, 1.165) is 89.9 Å². The molecule has 2 N–H and O–H groups in total. The van der Waals surface area contributed by atoms with Crippen molar-refractivity contribution < 1.29 is 0 Å². The molecule has 342 valence electrons. The number of H-pyrrole nitrogens is 2. The predicted octanol–water partition coefficient (Wildman–Crippen LogP) is 14.7. The van der Waals surface area contributed by atoms with Crippen molar-refractivity contribution >= 4 is 22.1 Å². The molecule has 2 atom stereocenters. The zero-order valence-corrected chi connectivity index (χ0v) is 39.5. The summed E-state index contributed by atoms with van der Waals surface area (Å²) in [4.78, 5) is 48.8. The van der Waals surface area contributed by atoms with Crippen LogP contribution in [0.5, 0.6) is 0 Å². The number of rotatable bonds is 29. The van der Waals surface area contributed by atoms with Crippen molar-refractivity contribution in [3.8, 4) is 46.3 Å². The van der Waals surface area contributed by atoms with Crippen LogP contribution >= 0.6 is 0 Å². The molecule has 0 aliphatic carbocycles. The highest BCUT2D eigenvalue weighted by atomic mass is 16.1. The summed E-state index contributed by atoms with van der Waals surface area (Å²) >= 11 is 0. The minimum atomic E-state index is -0.225. The summed E-state index contributed by atoms with van der Waals surface area (Å²) in [6.45, 7) is 8.91. The number of nitriles is 2. The summed E-state index contributed by atoms with van der Waals surface area (Å²) in [6.07, 6.45) is 29.0. The number of aromatic nitrogens is 6. The highest BCUT2D eigenvalue weighted by Gasteiger charge is 2.36. The molecule has 0 bridgehead atoms. The number of nitrogens with one attached hydrogen (secondary N) is 2. The van der Waals surface area contributed by atoms with Crippen LogP contribution in [0.25, 0.3) is 56.2 Å². The fraction of sp³-hybridized carbons (Fsp3) is 0.593. The quantitative estimate of drug-likeness (QED) is 0.0448. The monoisotopic (exact) mass is 867 g/mol. The van der Waals surface area contributed by atoms with E-state index in [1.165, 1.54) is 77.0 Å². The van der Waals surface area contributed by atoms with Gasteiger partial charge in [-0.15, -0.1) is 0 Å². The molecular weight excluding hydrogens is 793 g/mol. The lowest BCUT2D eigenvalue weighted by atomic mass is 10.0. The number of fused-ring (bicyclic) bond motifs is 4. The molecule has 0 radical (unpaired) electrons. The van der Waals surface area contributed by atoms with E-state index >= 15 is 9.59 Å². The normalized spacial score (nSPS) is 12.7. The average Bonchev–Trinajstić information content (AvgIpc) is 3.74. The van der Waals surface area contributed by atoms with Crippen LogP contribution in [-0.4, -0.2) is 29.1 Å². The van der Waals surface area contributed by atoms with Crippen LogP contribution in [0.4, 0.5) is 0 Å². The number of aromatic amines is 2. The van der Waals surface area contributed by atoms with Crippen molar-refractivity contribution in [1.29, 1.82) is 10.5 Å². The smallest absolute Gasteiger partial charge is 0.262 e. The summed E-state index contributed by atoms with van der Waals surface area (Å²) < 4.78 is 3.81. The van der Waals surface area contributed by atoms with E-state index in [-0.39, 0.29) is 23.2 Å². The van der Waals surface area contributed by atoms with E-state index in [1.54, 1.807) is 24.3 Å². The Morgan fingerprint density at radius 2 is 0.797 bits per heavy atom. The first-order valence-corrected chi connectivity index (χ1v) is 25.3. The van der Waals surface area contributed by atoms with E-state index < -0.39 is 0 Å². The zero-order chi connectivity index (χ0) is 45.3. The van der Waals surface area contributed by atoms with Gasteiger partial charge in [0.05, 0.1) is 67.8 Å². The van der Waals surface area contributed by atoms with Gasteiger partial charge in [0.1, 0.15) is 0 Å². The number of hydrogen-bond acceptors (Lipinski definition) is 6. The summed E-state index contributed by atoms with van der Waals surface area (Å²) in [6, 6.07) is 15.0. The fourth-order valence-electron chi connectivity index (χ4n) is 9.91. The summed E-state index contributed by atoms with van der Waals surface area (Å²) in [7, 11) is 0. The minimum absolute atomic E-state index is 0.0968. The molecule has 0 aromatic heterocycles. The third-order valence-electron chi connectivity index (χ3n) is 13.5. The molecule has 4 heterocycles. The van der Waals surface area contributed by atoms with Gasteiger partial charge in [-0.25, -0.2) is 9.97 Å². The van der Waals surface area contributed by atoms with Gasteiger partial charge in [-0.1, -0.05) is 169 Å². The molecule has 0 saturated carbocycles. The largest absolute Gasteiger partial charge is 0.350 e. The Balaban J connectivity index is 1.53. The minimum Gasteiger partial charge on any atom is -0.350 e. The van der Waals surface area contributed by atoms with Gasteiger partial charge >= 0.3 is 0 Å². The van der Waals surface area contributed by atoms with Gasteiger partial charge in [0.25, 0.3) is 11.1 Å². The molecule has 4 aliphatic heterocycles. The van der Waals surface area contributed by atoms with Gasteiger partial charge in [-0.05, 0) is 62.1 Å². The number of hydrogen-bond donors (Lipinski definition) is 2. The third-order valence-corrected chi connectivity index (χ3v) is 13.5. The number of unbranched alkanes of at least 4 members (excludes halogenated alkanes) is 18. The van der Waals surface area contributed by atoms with Crippen molar-refractivity contribution in [3.05, 3.63) is 68.2 Å². The van der Waals surface area contributed by atoms with Gasteiger partial charge in [0.15, 0.2) is 11.6 Å². The highest BCUT2D eigenvalue weighted by Crippen LogP contribution is 2.41. The standard InChI is InChI=1S/C54H74N8O2/c1-5-9-13-15-17-19-21-25-29-41(27-23-11-7-3)61-51-49(57-45-35-39(37-55)31-33-43(45)59-51)47(53(61)63)48-50-52(60-44-34-32-40(38-56)36-46(44)58-50)62(54(48)64)42(28-24-12-8-4)30-26-22-20-18-16-14-10-6-2/h31-36,41-42,57-58H,5-30H2,1-4H3. The number of nitrogens with zero attached hydrogens (tertiary/aromatic N) is 6. The molecule has 2 aromatic carbocycles. The van der Waals surface area contributed by atoms with Crippen LogP contribution in [0, 0.1) is 22.7 Å². The lowest BCUT2D eigenvalue weighted by Gasteiger charge is -2.20. The van der Waals surface area contributed by atoms with Crippen LogP contribution < -0.4 is 11.1 Å². The second-order valence-electron chi connectivity index (χ2n) is 18.5. The summed E-state index contributed by atoms with van der Waals surface area (Å²) in [5.41, 5.74) is 4.69. The number of benzene rings is 2. The van der Waals surface area contributed by atoms with Crippen molar-refractivity contribution in [2.45, 2.75) is 207 Å². The van der Waals surface area contributed by atoms with Gasteiger partial charge in [0, 0.05) is 12.1 Å². The second kappa shape index (κ2) is 24.7. The Morgan fingerprint density at radius 1 is 0.484 bits per heavy atom. The molecule has 10 nitrogen and oxygen atoms in total. The lowest BCUT2D eigenvalue weighted by molar-refractivity contribution is 0.392. The van der Waals surface area contributed by atoms with Crippen molar-refractivity contribution in [3.63, 3.8) is 0 Å². The maximum atomic E-state index is 15.6. The second-order valence-corrected chi connectivity index (χ2v) is 18.5. The van der Waals surface area contributed by atoms with E-state index in [1.807, 2.05) is 21.3 Å². The SMILES string of the molecule is CCCCCCCCCCC(CCCCC)n1c2nc3ccc(C#N)cc3[nH]c-2c(-c2c3[nH]c4cc(C#N)ccc4nc-3n(C(CCCCC)CCCCCCCCCC)c2=O)c1=O. The average molecular weight is 867 g/mol. The first kappa shape index (κ1) is 48.2. The van der Waals surface area contributed by atoms with Crippen LogP contribution in [0.3, 0.4) is 0 Å². The summed E-state index contributed by atoms with van der Waals surface area (Å²) in [5.74, 6) is 1.08. The van der Waals surface area contributed by atoms with E-state index in [2.05, 4.69) is 49.8 Å². The van der Waals surface area contributed by atoms with Crippen molar-refractivity contribution in [2.24, 2.45) is 0 Å². The predicted molar refractivity (Wildman–Crippen MR) is 263 cm³/mol. The van der Waals surface area contributed by atoms with Gasteiger partial charge in [0.2, 0.25) is 0 Å². The van der Waals surface area contributed by atoms with E-state index in [9.17, 15) is 10.5 Å². The third kappa shape index (κ3) is 11.7. The Kier molecular flexibility index (Phi) is 18.6. The zero-order valence-electron chi connectivity index (χ0n) is 39.5. The summed E-state index contributed by atoms with van der Waals surface area (Å²) in [5, 5.41) is 19.7. The van der Waals surface area contributed by atoms with E-state index in [4.69, 9.17) is 9.97 Å².